The van der Waals surface area contributed by atoms with Crippen molar-refractivity contribution in [3.05, 3.63) is 35.6 Å². The van der Waals surface area contributed by atoms with Gasteiger partial charge in [0, 0.05) is 19.1 Å². The van der Waals surface area contributed by atoms with Gasteiger partial charge in [-0.05, 0) is 30.5 Å². The molecule has 0 amide bonds. The number of hydrogen-bond acceptors (Lipinski definition) is 3. The van der Waals surface area contributed by atoms with E-state index in [1.54, 1.807) is 0 Å². The van der Waals surface area contributed by atoms with Gasteiger partial charge in [-0.25, -0.2) is 17.5 Å². The largest absolute Gasteiger partial charge is 0.313 e. The van der Waals surface area contributed by atoms with Gasteiger partial charge in [0.05, 0.1) is 5.75 Å². The van der Waals surface area contributed by atoms with Crippen LogP contribution < -0.4 is 10.0 Å². The Bertz CT molecular complexity index is 544. The second-order valence-electron chi connectivity index (χ2n) is 5.92. The third-order valence-electron chi connectivity index (χ3n) is 4.01. The standard InChI is InChI=1S/C16H25FN2O2S.ClH/c17-15-9-7-14(8-10-15)13-22(20,21)19-12-11-18-16-5-3-1-2-4-6-16;/h7-10,16,18-19H,1-6,11-13H2;1H. The number of hydrogen-bond donors (Lipinski definition) is 2. The Hall–Kier alpha value is -0.690. The van der Waals surface area contributed by atoms with Crippen LogP contribution in [0.25, 0.3) is 0 Å². The van der Waals surface area contributed by atoms with Crippen molar-refractivity contribution in [1.82, 2.24) is 10.0 Å². The molecular weight excluding hydrogens is 339 g/mol. The van der Waals surface area contributed by atoms with E-state index in [0.29, 0.717) is 24.7 Å². The molecule has 1 saturated carbocycles. The van der Waals surface area contributed by atoms with Crippen LogP contribution in [0.3, 0.4) is 0 Å². The van der Waals surface area contributed by atoms with Crippen LogP contribution in [0.1, 0.15) is 44.1 Å². The third-order valence-corrected chi connectivity index (χ3v) is 5.36. The van der Waals surface area contributed by atoms with Crippen molar-refractivity contribution < 1.29 is 12.8 Å². The zero-order valence-corrected chi connectivity index (χ0v) is 14.9. The van der Waals surface area contributed by atoms with Gasteiger partial charge >= 0.3 is 0 Å². The number of benzene rings is 1. The molecule has 4 nitrogen and oxygen atoms in total. The second kappa shape index (κ2) is 10.2. The van der Waals surface area contributed by atoms with Gasteiger partial charge in [0.15, 0.2) is 0 Å². The van der Waals surface area contributed by atoms with Gasteiger partial charge in [-0.2, -0.15) is 0 Å². The molecule has 0 unspecified atom stereocenters. The van der Waals surface area contributed by atoms with Crippen LogP contribution in [-0.2, 0) is 15.8 Å². The maximum Gasteiger partial charge on any atom is 0.215 e. The predicted molar refractivity (Wildman–Crippen MR) is 93.8 cm³/mol. The highest BCUT2D eigenvalue weighted by Crippen LogP contribution is 2.16. The summed E-state index contributed by atoms with van der Waals surface area (Å²) in [5, 5.41) is 3.43. The SMILES string of the molecule is Cl.O=S(=O)(Cc1ccc(F)cc1)NCCNC1CCCCCC1. The minimum absolute atomic E-state index is 0. The van der Waals surface area contributed by atoms with Gasteiger partial charge in [0.2, 0.25) is 10.0 Å². The molecule has 0 radical (unpaired) electrons. The lowest BCUT2D eigenvalue weighted by atomic mass is 10.1. The highest BCUT2D eigenvalue weighted by Gasteiger charge is 2.13. The molecule has 0 saturated heterocycles. The number of halogens is 2. The van der Waals surface area contributed by atoms with E-state index in [-0.39, 0.29) is 24.0 Å². The molecule has 2 rings (SSSR count). The van der Waals surface area contributed by atoms with Crippen LogP contribution in [0.5, 0.6) is 0 Å². The molecular formula is C16H26ClFN2O2S. The summed E-state index contributed by atoms with van der Waals surface area (Å²) < 4.78 is 39.3. The zero-order valence-electron chi connectivity index (χ0n) is 13.3. The summed E-state index contributed by atoms with van der Waals surface area (Å²) in [5.41, 5.74) is 0.589. The average Bonchev–Trinajstić information content (AvgIpc) is 2.75. The van der Waals surface area contributed by atoms with Crippen LogP contribution in [0.2, 0.25) is 0 Å². The molecule has 0 spiro atoms. The molecule has 0 bridgehead atoms. The summed E-state index contributed by atoms with van der Waals surface area (Å²) in [6, 6.07) is 6.07. The van der Waals surface area contributed by atoms with Crippen LogP contribution in [0.4, 0.5) is 4.39 Å². The fraction of sp³-hybridized carbons (Fsp3) is 0.625. The molecule has 0 heterocycles. The molecule has 1 aromatic rings. The van der Waals surface area contributed by atoms with Crippen molar-refractivity contribution in [2.45, 2.75) is 50.3 Å². The quantitative estimate of drug-likeness (QED) is 0.577. The highest BCUT2D eigenvalue weighted by molar-refractivity contribution is 7.88. The zero-order chi connectivity index (χ0) is 15.8. The Balaban J connectivity index is 0.00000264. The summed E-state index contributed by atoms with van der Waals surface area (Å²) in [5.74, 6) is -0.474. The first kappa shape index (κ1) is 20.4. The maximum atomic E-state index is 12.8. The van der Waals surface area contributed by atoms with E-state index in [1.165, 1.54) is 62.8 Å². The number of sulfonamides is 1. The van der Waals surface area contributed by atoms with Crippen molar-refractivity contribution in [1.29, 1.82) is 0 Å². The molecule has 23 heavy (non-hydrogen) atoms. The van der Waals surface area contributed by atoms with Crippen LogP contribution >= 0.6 is 12.4 Å². The molecule has 0 aliphatic heterocycles. The van der Waals surface area contributed by atoms with E-state index < -0.39 is 10.0 Å². The second-order valence-corrected chi connectivity index (χ2v) is 7.73. The summed E-state index contributed by atoms with van der Waals surface area (Å²) in [6.45, 7) is 1.04. The van der Waals surface area contributed by atoms with Crippen molar-refractivity contribution in [3.8, 4) is 0 Å². The molecule has 132 valence electrons. The first-order valence-electron chi connectivity index (χ1n) is 8.00. The Morgan fingerprint density at radius 1 is 1.00 bits per heavy atom. The Kier molecular flexibility index (Phi) is 9.06. The van der Waals surface area contributed by atoms with E-state index in [0.717, 1.165) is 0 Å². The van der Waals surface area contributed by atoms with E-state index in [2.05, 4.69) is 10.0 Å². The van der Waals surface area contributed by atoms with Gasteiger partial charge in [-0.3, -0.25) is 0 Å². The molecule has 7 heteroatoms. The van der Waals surface area contributed by atoms with Crippen LogP contribution in [-0.4, -0.2) is 27.5 Å². The molecule has 0 atom stereocenters. The topological polar surface area (TPSA) is 58.2 Å². The van der Waals surface area contributed by atoms with Crippen molar-refractivity contribution >= 4 is 22.4 Å². The summed E-state index contributed by atoms with van der Waals surface area (Å²) in [7, 11) is -3.37. The smallest absolute Gasteiger partial charge is 0.215 e. The van der Waals surface area contributed by atoms with Gasteiger partial charge in [-0.1, -0.05) is 37.8 Å². The Labute approximate surface area is 144 Å². The predicted octanol–water partition coefficient (Wildman–Crippen LogP) is 2.98. The van der Waals surface area contributed by atoms with Crippen molar-refractivity contribution in [2.75, 3.05) is 13.1 Å². The number of nitrogens with one attached hydrogen (secondary N) is 2. The maximum absolute atomic E-state index is 12.8. The molecule has 0 aromatic heterocycles. The van der Waals surface area contributed by atoms with Crippen LogP contribution in [0, 0.1) is 5.82 Å². The third kappa shape index (κ3) is 8.11. The fourth-order valence-electron chi connectivity index (χ4n) is 2.82. The molecule has 1 aliphatic carbocycles. The Morgan fingerprint density at radius 2 is 1.61 bits per heavy atom. The normalized spacial score (nSPS) is 16.6. The lowest BCUT2D eigenvalue weighted by molar-refractivity contribution is 0.461. The van der Waals surface area contributed by atoms with Crippen molar-refractivity contribution in [2.24, 2.45) is 0 Å². The monoisotopic (exact) mass is 364 g/mol. The van der Waals surface area contributed by atoms with Gasteiger partial charge in [-0.15, -0.1) is 12.4 Å². The average molecular weight is 365 g/mol. The van der Waals surface area contributed by atoms with Gasteiger partial charge < -0.3 is 5.32 Å². The summed E-state index contributed by atoms with van der Waals surface area (Å²) in [4.78, 5) is 0. The molecule has 1 fully saturated rings. The van der Waals surface area contributed by atoms with Crippen molar-refractivity contribution in [3.63, 3.8) is 0 Å². The Morgan fingerprint density at radius 3 is 2.22 bits per heavy atom. The minimum Gasteiger partial charge on any atom is -0.313 e. The fourth-order valence-corrected chi connectivity index (χ4v) is 3.96. The van der Waals surface area contributed by atoms with E-state index in [9.17, 15) is 12.8 Å². The lowest BCUT2D eigenvalue weighted by Crippen LogP contribution is -2.37. The van der Waals surface area contributed by atoms with E-state index >= 15 is 0 Å². The van der Waals surface area contributed by atoms with Gasteiger partial charge in [0.1, 0.15) is 5.82 Å². The minimum atomic E-state index is -3.37. The first-order chi connectivity index (χ1) is 10.6. The van der Waals surface area contributed by atoms with E-state index in [1.807, 2.05) is 0 Å². The van der Waals surface area contributed by atoms with E-state index in [4.69, 9.17) is 0 Å². The first-order valence-corrected chi connectivity index (χ1v) is 9.65. The summed E-state index contributed by atoms with van der Waals surface area (Å²) in [6.07, 6.45) is 7.50. The van der Waals surface area contributed by atoms with Gasteiger partial charge in [0.25, 0.3) is 0 Å². The lowest BCUT2D eigenvalue weighted by Gasteiger charge is -2.16. The number of rotatable bonds is 7. The highest BCUT2D eigenvalue weighted by atomic mass is 35.5. The molecule has 1 aliphatic rings. The molecule has 1 aromatic carbocycles. The summed E-state index contributed by atoms with van der Waals surface area (Å²) >= 11 is 0. The molecule has 2 N–H and O–H groups in total. The van der Waals surface area contributed by atoms with Crippen LogP contribution in [0.15, 0.2) is 24.3 Å².